The van der Waals surface area contributed by atoms with Crippen molar-refractivity contribution in [3.63, 3.8) is 0 Å². The minimum Gasteiger partial charge on any atom is -0.488 e. The normalized spacial score (nSPS) is 13.2. The van der Waals surface area contributed by atoms with Gasteiger partial charge in [-0.15, -0.1) is 0 Å². The second-order valence-corrected chi connectivity index (χ2v) is 4.60. The van der Waals surface area contributed by atoms with Crippen molar-refractivity contribution in [3.05, 3.63) is 70.8 Å². The first-order valence-corrected chi connectivity index (χ1v) is 6.28. The van der Waals surface area contributed by atoms with E-state index < -0.39 is 0 Å². The zero-order valence-electron chi connectivity index (χ0n) is 10.7. The summed E-state index contributed by atoms with van der Waals surface area (Å²) in [6.45, 7) is 2.13. The van der Waals surface area contributed by atoms with E-state index in [0.29, 0.717) is 12.2 Å². The van der Waals surface area contributed by atoms with Gasteiger partial charge in [0.15, 0.2) is 5.78 Å². The van der Waals surface area contributed by atoms with E-state index in [1.54, 1.807) is 6.92 Å². The summed E-state index contributed by atoms with van der Waals surface area (Å²) in [5, 5.41) is 0. The Bertz CT molecular complexity index is 668. The Hall–Kier alpha value is -2.35. The number of ether oxygens (including phenoxy) is 1. The van der Waals surface area contributed by atoms with Crippen LogP contribution in [0, 0.1) is 0 Å². The molecule has 1 aliphatic rings. The number of benzene rings is 2. The molecule has 0 radical (unpaired) electrons. The summed E-state index contributed by atoms with van der Waals surface area (Å²) in [5.41, 5.74) is 3.89. The molecule has 1 heterocycles. The first-order valence-electron chi connectivity index (χ1n) is 6.28. The highest BCUT2D eigenvalue weighted by Crippen LogP contribution is 2.29. The van der Waals surface area contributed by atoms with Gasteiger partial charge in [0.25, 0.3) is 0 Å². The van der Waals surface area contributed by atoms with Gasteiger partial charge in [-0.3, -0.25) is 4.79 Å². The zero-order valence-corrected chi connectivity index (χ0v) is 10.7. The van der Waals surface area contributed by atoms with Crippen molar-refractivity contribution in [3.8, 4) is 0 Å². The topological polar surface area (TPSA) is 26.3 Å². The number of fused-ring (bicyclic) bond motifs is 1. The molecule has 2 heteroatoms. The summed E-state index contributed by atoms with van der Waals surface area (Å²) in [6, 6.07) is 15.7. The molecule has 19 heavy (non-hydrogen) atoms. The summed E-state index contributed by atoms with van der Waals surface area (Å²) in [6.07, 6.45) is 2.00. The zero-order chi connectivity index (χ0) is 13.2. The summed E-state index contributed by atoms with van der Waals surface area (Å²) < 4.78 is 5.79. The summed E-state index contributed by atoms with van der Waals surface area (Å²) in [4.78, 5) is 11.7. The van der Waals surface area contributed by atoms with Gasteiger partial charge in [0.1, 0.15) is 12.4 Å². The van der Waals surface area contributed by atoms with Crippen LogP contribution < -0.4 is 0 Å². The van der Waals surface area contributed by atoms with E-state index in [2.05, 4.69) is 12.1 Å². The van der Waals surface area contributed by atoms with E-state index in [-0.39, 0.29) is 5.78 Å². The minimum absolute atomic E-state index is 0.0546. The van der Waals surface area contributed by atoms with Crippen LogP contribution in [0.2, 0.25) is 0 Å². The van der Waals surface area contributed by atoms with Gasteiger partial charge < -0.3 is 4.74 Å². The van der Waals surface area contributed by atoms with Gasteiger partial charge in [-0.2, -0.15) is 0 Å². The van der Waals surface area contributed by atoms with E-state index >= 15 is 0 Å². The highest BCUT2D eigenvalue weighted by atomic mass is 16.5. The number of hydrogen-bond acceptors (Lipinski definition) is 2. The molecular weight excluding hydrogens is 236 g/mol. The standard InChI is InChI=1S/C17H14O2/c1-12(18)15-8-4-5-9-16(15)17-10-13-6-2-3-7-14(13)11-19-17/h2-10H,11H2,1H3. The second-order valence-electron chi connectivity index (χ2n) is 4.60. The Morgan fingerprint density at radius 1 is 1.05 bits per heavy atom. The molecule has 0 saturated carbocycles. The number of hydrogen-bond donors (Lipinski definition) is 0. The van der Waals surface area contributed by atoms with Crippen LogP contribution in [0.3, 0.4) is 0 Å². The molecule has 2 nitrogen and oxygen atoms in total. The van der Waals surface area contributed by atoms with Gasteiger partial charge >= 0.3 is 0 Å². The number of rotatable bonds is 2. The van der Waals surface area contributed by atoms with Crippen molar-refractivity contribution in [2.24, 2.45) is 0 Å². The van der Waals surface area contributed by atoms with Crippen molar-refractivity contribution in [1.29, 1.82) is 0 Å². The van der Waals surface area contributed by atoms with E-state index in [4.69, 9.17) is 4.74 Å². The highest BCUT2D eigenvalue weighted by Gasteiger charge is 2.16. The Balaban J connectivity index is 2.10. The maximum Gasteiger partial charge on any atom is 0.160 e. The van der Waals surface area contributed by atoms with E-state index in [1.165, 1.54) is 5.56 Å². The Morgan fingerprint density at radius 2 is 1.79 bits per heavy atom. The van der Waals surface area contributed by atoms with Crippen molar-refractivity contribution < 1.29 is 9.53 Å². The molecule has 0 atom stereocenters. The molecular formula is C17H14O2. The molecule has 0 spiro atoms. The molecule has 0 aromatic heterocycles. The lowest BCUT2D eigenvalue weighted by atomic mass is 9.98. The van der Waals surface area contributed by atoms with Crippen molar-refractivity contribution in [1.82, 2.24) is 0 Å². The average molecular weight is 250 g/mol. The lowest BCUT2D eigenvalue weighted by Gasteiger charge is -2.19. The van der Waals surface area contributed by atoms with Gasteiger partial charge in [0.05, 0.1) is 0 Å². The molecule has 2 aromatic rings. The molecule has 0 amide bonds. The Kier molecular flexibility index (Phi) is 2.92. The third-order valence-electron chi connectivity index (χ3n) is 3.30. The van der Waals surface area contributed by atoms with E-state index in [0.717, 1.165) is 16.9 Å². The molecule has 0 bridgehead atoms. The number of ketones is 1. The number of carbonyl (C=O) groups is 1. The molecule has 94 valence electrons. The molecule has 0 aliphatic carbocycles. The largest absolute Gasteiger partial charge is 0.488 e. The molecule has 0 fully saturated rings. The smallest absolute Gasteiger partial charge is 0.160 e. The Labute approximate surface area is 112 Å². The fraction of sp³-hybridized carbons (Fsp3) is 0.118. The molecule has 0 saturated heterocycles. The van der Waals surface area contributed by atoms with Gasteiger partial charge in [-0.25, -0.2) is 0 Å². The van der Waals surface area contributed by atoms with Gasteiger partial charge in [-0.1, -0.05) is 48.5 Å². The predicted octanol–water partition coefficient (Wildman–Crippen LogP) is 3.92. The van der Waals surface area contributed by atoms with Crippen LogP contribution in [0.5, 0.6) is 0 Å². The molecule has 3 rings (SSSR count). The third kappa shape index (κ3) is 2.17. The van der Waals surface area contributed by atoms with Gasteiger partial charge in [0.2, 0.25) is 0 Å². The van der Waals surface area contributed by atoms with Crippen LogP contribution in [0.25, 0.3) is 11.8 Å². The molecule has 2 aromatic carbocycles. The van der Waals surface area contributed by atoms with Gasteiger partial charge in [0, 0.05) is 11.1 Å². The maximum absolute atomic E-state index is 11.7. The van der Waals surface area contributed by atoms with Crippen LogP contribution >= 0.6 is 0 Å². The van der Waals surface area contributed by atoms with Crippen molar-refractivity contribution in [2.75, 3.05) is 0 Å². The molecule has 0 unspecified atom stereocenters. The van der Waals surface area contributed by atoms with Crippen molar-refractivity contribution in [2.45, 2.75) is 13.5 Å². The van der Waals surface area contributed by atoms with Crippen LogP contribution in [0.4, 0.5) is 0 Å². The molecule has 1 aliphatic heterocycles. The predicted molar refractivity (Wildman–Crippen MR) is 75.5 cm³/mol. The maximum atomic E-state index is 11.7. The fourth-order valence-corrected chi connectivity index (χ4v) is 2.31. The third-order valence-corrected chi connectivity index (χ3v) is 3.30. The van der Waals surface area contributed by atoms with Crippen LogP contribution in [0.15, 0.2) is 48.5 Å². The minimum atomic E-state index is 0.0546. The quantitative estimate of drug-likeness (QED) is 0.755. The van der Waals surface area contributed by atoms with Crippen LogP contribution in [0.1, 0.15) is 34.0 Å². The van der Waals surface area contributed by atoms with Crippen molar-refractivity contribution >= 4 is 17.6 Å². The fourth-order valence-electron chi connectivity index (χ4n) is 2.31. The van der Waals surface area contributed by atoms with Crippen LogP contribution in [-0.2, 0) is 11.3 Å². The van der Waals surface area contributed by atoms with E-state index in [9.17, 15) is 4.79 Å². The Morgan fingerprint density at radius 3 is 2.63 bits per heavy atom. The summed E-state index contributed by atoms with van der Waals surface area (Å²) in [7, 11) is 0. The summed E-state index contributed by atoms with van der Waals surface area (Å²) >= 11 is 0. The summed E-state index contributed by atoms with van der Waals surface area (Å²) in [5.74, 6) is 0.823. The lowest BCUT2D eigenvalue weighted by Crippen LogP contribution is -2.05. The second kappa shape index (κ2) is 4.73. The highest BCUT2D eigenvalue weighted by molar-refractivity contribution is 6.00. The molecule has 0 N–H and O–H groups in total. The first-order chi connectivity index (χ1) is 9.25. The lowest BCUT2D eigenvalue weighted by molar-refractivity contribution is 0.101. The van der Waals surface area contributed by atoms with E-state index in [1.807, 2.05) is 42.5 Å². The van der Waals surface area contributed by atoms with Gasteiger partial charge in [-0.05, 0) is 24.1 Å². The van der Waals surface area contributed by atoms with Crippen LogP contribution in [-0.4, -0.2) is 5.78 Å². The average Bonchev–Trinajstić information content (AvgIpc) is 2.46. The monoisotopic (exact) mass is 250 g/mol. The number of carbonyl (C=O) groups excluding carboxylic acids is 1. The number of Topliss-reactive ketones (excluding diaryl/α,β-unsaturated/α-hetero) is 1. The SMILES string of the molecule is CC(=O)c1ccccc1C1=Cc2ccccc2CO1. The first kappa shape index (κ1) is 11.7.